The van der Waals surface area contributed by atoms with Crippen LogP contribution in [-0.4, -0.2) is 34.5 Å². The molecule has 0 bridgehead atoms. The quantitative estimate of drug-likeness (QED) is 0.758. The van der Waals surface area contributed by atoms with E-state index < -0.39 is 0 Å². The molecule has 0 unspecified atom stereocenters. The average molecular weight is 357 g/mol. The molecule has 0 spiro atoms. The van der Waals surface area contributed by atoms with Gasteiger partial charge in [0.05, 0.1) is 0 Å². The van der Waals surface area contributed by atoms with Crippen LogP contribution in [0, 0.1) is 12.8 Å². The van der Waals surface area contributed by atoms with Gasteiger partial charge in [-0.1, -0.05) is 42.6 Å². The molecular formula is C20H27N3O3. The Hall–Kier alpha value is -2.37. The number of benzene rings is 1. The van der Waals surface area contributed by atoms with E-state index in [2.05, 4.69) is 10.1 Å². The lowest BCUT2D eigenvalue weighted by Gasteiger charge is -2.26. The molecule has 0 atom stereocenters. The Kier molecular flexibility index (Phi) is 6.26. The van der Waals surface area contributed by atoms with Gasteiger partial charge in [-0.3, -0.25) is 4.79 Å². The summed E-state index contributed by atoms with van der Waals surface area (Å²) in [6.45, 7) is 2.84. The van der Waals surface area contributed by atoms with E-state index in [0.717, 1.165) is 24.2 Å². The first-order valence-electron chi connectivity index (χ1n) is 9.38. The Balaban J connectivity index is 1.46. The number of para-hydroxylation sites is 1. The fraction of sp³-hybridized carbons (Fsp3) is 0.550. The molecule has 0 aliphatic heterocycles. The van der Waals surface area contributed by atoms with Crippen molar-refractivity contribution in [1.29, 1.82) is 0 Å². The molecule has 3 rings (SSSR count). The first-order valence-corrected chi connectivity index (χ1v) is 9.38. The highest BCUT2D eigenvalue weighted by molar-refractivity contribution is 5.78. The van der Waals surface area contributed by atoms with Crippen LogP contribution < -0.4 is 4.74 Å². The number of aryl methyl sites for hydroxylation is 1. The van der Waals surface area contributed by atoms with Gasteiger partial charge in [-0.05, 0) is 31.4 Å². The van der Waals surface area contributed by atoms with Crippen molar-refractivity contribution in [1.82, 2.24) is 15.0 Å². The maximum absolute atomic E-state index is 12.5. The number of carbonyl (C=O) groups is 1. The second-order valence-corrected chi connectivity index (χ2v) is 7.00. The Morgan fingerprint density at radius 2 is 2.04 bits per heavy atom. The third-order valence-corrected chi connectivity index (χ3v) is 4.96. The minimum absolute atomic E-state index is 0.192. The van der Waals surface area contributed by atoms with E-state index in [1.54, 1.807) is 4.90 Å². The summed E-state index contributed by atoms with van der Waals surface area (Å²) in [5.74, 6) is 2.31. The lowest BCUT2D eigenvalue weighted by molar-refractivity contribution is -0.135. The summed E-state index contributed by atoms with van der Waals surface area (Å²) in [4.78, 5) is 18.6. The number of ether oxygens (including phenoxy) is 1. The highest BCUT2D eigenvalue weighted by Crippen LogP contribution is 2.25. The van der Waals surface area contributed by atoms with Gasteiger partial charge >= 0.3 is 0 Å². The van der Waals surface area contributed by atoms with Gasteiger partial charge in [0, 0.05) is 25.9 Å². The molecule has 1 aromatic heterocycles. The molecule has 1 fully saturated rings. The van der Waals surface area contributed by atoms with Crippen LogP contribution in [0.3, 0.4) is 0 Å². The number of aromatic nitrogens is 2. The van der Waals surface area contributed by atoms with Gasteiger partial charge in [0.15, 0.2) is 12.4 Å². The summed E-state index contributed by atoms with van der Waals surface area (Å²) in [5, 5.41) is 3.99. The first-order chi connectivity index (χ1) is 12.6. The normalized spacial score (nSPS) is 15.0. The van der Waals surface area contributed by atoms with Crippen molar-refractivity contribution in [3.63, 3.8) is 0 Å². The first kappa shape index (κ1) is 18.4. The fourth-order valence-corrected chi connectivity index (χ4v) is 3.35. The molecule has 0 saturated heterocycles. The molecule has 0 radical (unpaired) electrons. The van der Waals surface area contributed by atoms with Crippen LogP contribution in [0.4, 0.5) is 0 Å². The minimum atomic E-state index is 0.192. The number of hydrogen-bond donors (Lipinski definition) is 0. The Morgan fingerprint density at radius 3 is 2.81 bits per heavy atom. The summed E-state index contributed by atoms with van der Waals surface area (Å²) in [5.41, 5.74) is 1.06. The maximum Gasteiger partial charge on any atom is 0.264 e. The molecule has 6 nitrogen and oxygen atoms in total. The molecule has 0 N–H and O–H groups in total. The van der Waals surface area contributed by atoms with Crippen LogP contribution in [0.5, 0.6) is 5.75 Å². The van der Waals surface area contributed by atoms with Crippen LogP contribution in [0.2, 0.25) is 0 Å². The van der Waals surface area contributed by atoms with Gasteiger partial charge in [0.1, 0.15) is 5.75 Å². The summed E-state index contributed by atoms with van der Waals surface area (Å²) in [6.07, 6.45) is 6.21. The van der Waals surface area contributed by atoms with E-state index in [9.17, 15) is 4.79 Å². The molecule has 6 heteroatoms. The second kappa shape index (κ2) is 8.83. The molecular weight excluding hydrogens is 330 g/mol. The summed E-state index contributed by atoms with van der Waals surface area (Å²) >= 11 is 0. The van der Waals surface area contributed by atoms with Gasteiger partial charge in [0.25, 0.3) is 5.89 Å². The van der Waals surface area contributed by atoms with Gasteiger partial charge < -0.3 is 14.2 Å². The summed E-state index contributed by atoms with van der Waals surface area (Å²) < 4.78 is 11.0. The van der Waals surface area contributed by atoms with E-state index in [4.69, 9.17) is 9.26 Å². The predicted molar refractivity (Wildman–Crippen MR) is 97.7 cm³/mol. The molecule has 26 heavy (non-hydrogen) atoms. The fourth-order valence-electron chi connectivity index (χ4n) is 3.35. The molecule has 1 aliphatic rings. The lowest BCUT2D eigenvalue weighted by atomic mass is 9.88. The van der Waals surface area contributed by atoms with E-state index >= 15 is 0 Å². The highest BCUT2D eigenvalue weighted by Gasteiger charge is 2.24. The Morgan fingerprint density at radius 1 is 1.27 bits per heavy atom. The minimum Gasteiger partial charge on any atom is -0.483 e. The van der Waals surface area contributed by atoms with Crippen molar-refractivity contribution in [2.45, 2.75) is 52.1 Å². The van der Waals surface area contributed by atoms with Crippen LogP contribution in [0.15, 0.2) is 28.8 Å². The van der Waals surface area contributed by atoms with E-state index in [1.165, 1.54) is 19.3 Å². The van der Waals surface area contributed by atoms with Crippen LogP contribution in [0.1, 0.15) is 49.4 Å². The zero-order valence-corrected chi connectivity index (χ0v) is 15.6. The molecule has 2 aromatic rings. The monoisotopic (exact) mass is 357 g/mol. The average Bonchev–Trinajstić information content (AvgIpc) is 3.13. The van der Waals surface area contributed by atoms with Crippen LogP contribution in [0.25, 0.3) is 0 Å². The topological polar surface area (TPSA) is 68.5 Å². The predicted octanol–water partition coefficient (Wildman–Crippen LogP) is 3.54. The molecule has 140 valence electrons. The highest BCUT2D eigenvalue weighted by atomic mass is 16.5. The van der Waals surface area contributed by atoms with Gasteiger partial charge in [0.2, 0.25) is 5.91 Å². The Bertz CT molecular complexity index is 723. The third kappa shape index (κ3) is 4.84. The van der Waals surface area contributed by atoms with E-state index in [0.29, 0.717) is 24.7 Å². The third-order valence-electron chi connectivity index (χ3n) is 4.96. The standard InChI is InChI=1S/C20H27N3O3/c1-15-8-6-7-11-17(15)25-14-19-21-18(22-26-19)12-13-23(2)20(24)16-9-4-3-5-10-16/h6-8,11,16H,3-5,9-10,12-14H2,1-2H3. The number of rotatable bonds is 7. The maximum atomic E-state index is 12.5. The summed E-state index contributed by atoms with van der Waals surface area (Å²) in [7, 11) is 1.86. The largest absolute Gasteiger partial charge is 0.483 e. The number of nitrogens with zero attached hydrogens (tertiary/aromatic N) is 3. The van der Waals surface area contributed by atoms with Crippen molar-refractivity contribution >= 4 is 5.91 Å². The summed E-state index contributed by atoms with van der Waals surface area (Å²) in [6, 6.07) is 7.81. The Labute approximate surface area is 154 Å². The molecule has 1 aliphatic carbocycles. The molecule has 1 heterocycles. The van der Waals surface area contributed by atoms with Gasteiger partial charge in [-0.25, -0.2) is 0 Å². The van der Waals surface area contributed by atoms with Gasteiger partial charge in [-0.15, -0.1) is 0 Å². The van der Waals surface area contributed by atoms with Crippen LogP contribution in [-0.2, 0) is 17.8 Å². The van der Waals surface area contributed by atoms with E-state index in [-0.39, 0.29) is 18.4 Å². The van der Waals surface area contributed by atoms with Crippen molar-refractivity contribution < 1.29 is 14.1 Å². The van der Waals surface area contributed by atoms with Crippen LogP contribution >= 0.6 is 0 Å². The number of likely N-dealkylation sites (N-methyl/N-ethyl adjacent to an activating group) is 1. The van der Waals surface area contributed by atoms with Gasteiger partial charge in [-0.2, -0.15) is 4.98 Å². The number of carbonyl (C=O) groups excluding carboxylic acids is 1. The van der Waals surface area contributed by atoms with Crippen molar-refractivity contribution in [3.8, 4) is 5.75 Å². The van der Waals surface area contributed by atoms with Crippen molar-refractivity contribution in [2.24, 2.45) is 5.92 Å². The number of amides is 1. The van der Waals surface area contributed by atoms with Crippen molar-refractivity contribution in [3.05, 3.63) is 41.5 Å². The van der Waals surface area contributed by atoms with Crippen molar-refractivity contribution in [2.75, 3.05) is 13.6 Å². The zero-order valence-electron chi connectivity index (χ0n) is 15.6. The smallest absolute Gasteiger partial charge is 0.264 e. The SMILES string of the molecule is Cc1ccccc1OCc1nc(CCN(C)C(=O)C2CCCCC2)no1. The van der Waals surface area contributed by atoms with E-state index in [1.807, 2.05) is 38.2 Å². The molecule has 1 saturated carbocycles. The molecule has 1 aromatic carbocycles. The molecule has 1 amide bonds. The number of hydrogen-bond acceptors (Lipinski definition) is 5. The second-order valence-electron chi connectivity index (χ2n) is 7.00. The lowest BCUT2D eigenvalue weighted by Crippen LogP contribution is -2.35. The zero-order chi connectivity index (χ0) is 18.4.